The highest BCUT2D eigenvalue weighted by Gasteiger charge is 2.29. The number of hydrogen-bond acceptors (Lipinski definition) is 3. The van der Waals surface area contributed by atoms with E-state index in [9.17, 15) is 9.59 Å². The zero-order chi connectivity index (χ0) is 17.1. The van der Waals surface area contributed by atoms with Crippen LogP contribution in [0.1, 0.15) is 34.3 Å². The number of amides is 2. The normalized spacial score (nSPS) is 17.6. The summed E-state index contributed by atoms with van der Waals surface area (Å²) >= 11 is 0. The van der Waals surface area contributed by atoms with Gasteiger partial charge in [-0.25, -0.2) is 0 Å². The van der Waals surface area contributed by atoms with Gasteiger partial charge in [0, 0.05) is 18.8 Å². The first-order valence-corrected chi connectivity index (χ1v) is 8.23. The fourth-order valence-electron chi connectivity index (χ4n) is 3.24. The lowest BCUT2D eigenvalue weighted by molar-refractivity contribution is -0.121. The van der Waals surface area contributed by atoms with E-state index in [2.05, 4.69) is 11.4 Å². The molecule has 2 amide bonds. The molecule has 1 aliphatic heterocycles. The Kier molecular flexibility index (Phi) is 4.69. The number of piperidine rings is 1. The molecule has 0 saturated carbocycles. The highest BCUT2D eigenvalue weighted by Crippen LogP contribution is 2.21. The van der Waals surface area contributed by atoms with Crippen molar-refractivity contribution in [3.63, 3.8) is 0 Å². The minimum Gasteiger partial charge on any atom is -0.472 e. The van der Waals surface area contributed by atoms with E-state index in [1.165, 1.54) is 12.5 Å². The molecule has 5 heteroatoms. The zero-order valence-corrected chi connectivity index (χ0v) is 14.0. The maximum absolute atomic E-state index is 12.6. The van der Waals surface area contributed by atoms with Crippen molar-refractivity contribution in [3.8, 4) is 0 Å². The predicted molar refractivity (Wildman–Crippen MR) is 91.9 cm³/mol. The van der Waals surface area contributed by atoms with E-state index in [0.717, 1.165) is 29.7 Å². The SMILES string of the molecule is Cc1cc(C)cc(NC(=O)C2CCCN(C(=O)c3ccoc3)C2)c1. The molecule has 0 bridgehead atoms. The molecule has 5 nitrogen and oxygen atoms in total. The minimum atomic E-state index is -0.185. The summed E-state index contributed by atoms with van der Waals surface area (Å²) in [5, 5.41) is 2.99. The molecule has 1 saturated heterocycles. The van der Waals surface area contributed by atoms with Crippen LogP contribution < -0.4 is 5.32 Å². The molecule has 2 heterocycles. The summed E-state index contributed by atoms with van der Waals surface area (Å²) < 4.78 is 4.98. The first-order chi connectivity index (χ1) is 11.5. The molecule has 1 aromatic heterocycles. The maximum atomic E-state index is 12.6. The molecule has 0 aliphatic carbocycles. The summed E-state index contributed by atoms with van der Waals surface area (Å²) in [5.41, 5.74) is 3.58. The lowest BCUT2D eigenvalue weighted by Crippen LogP contribution is -2.43. The molecule has 0 spiro atoms. The van der Waals surface area contributed by atoms with Crippen molar-refractivity contribution >= 4 is 17.5 Å². The van der Waals surface area contributed by atoms with E-state index in [-0.39, 0.29) is 17.7 Å². The fraction of sp³-hybridized carbons (Fsp3) is 0.368. The third kappa shape index (κ3) is 3.67. The number of likely N-dealkylation sites (tertiary alicyclic amines) is 1. The number of hydrogen-bond donors (Lipinski definition) is 1. The smallest absolute Gasteiger partial charge is 0.257 e. The van der Waals surface area contributed by atoms with Crippen LogP contribution in [0.5, 0.6) is 0 Å². The van der Waals surface area contributed by atoms with E-state index >= 15 is 0 Å². The third-order valence-electron chi connectivity index (χ3n) is 4.34. The largest absolute Gasteiger partial charge is 0.472 e. The van der Waals surface area contributed by atoms with Crippen LogP contribution in [0, 0.1) is 19.8 Å². The van der Waals surface area contributed by atoms with Gasteiger partial charge in [0.15, 0.2) is 0 Å². The minimum absolute atomic E-state index is 0.0234. The van der Waals surface area contributed by atoms with Crippen LogP contribution >= 0.6 is 0 Å². The van der Waals surface area contributed by atoms with E-state index in [1.54, 1.807) is 11.0 Å². The second kappa shape index (κ2) is 6.91. The first-order valence-electron chi connectivity index (χ1n) is 8.23. The first kappa shape index (κ1) is 16.3. The molecular formula is C19H22N2O3. The number of carbonyl (C=O) groups is 2. The van der Waals surface area contributed by atoms with Crippen molar-refractivity contribution in [3.05, 3.63) is 53.5 Å². The van der Waals surface area contributed by atoms with E-state index in [0.29, 0.717) is 18.7 Å². The number of aryl methyl sites for hydroxylation is 2. The van der Waals surface area contributed by atoms with Gasteiger partial charge in [0.25, 0.3) is 5.91 Å². The van der Waals surface area contributed by atoms with Crippen molar-refractivity contribution in [2.45, 2.75) is 26.7 Å². The van der Waals surface area contributed by atoms with E-state index in [1.807, 2.05) is 26.0 Å². The number of furan rings is 1. The second-order valence-corrected chi connectivity index (χ2v) is 6.47. The summed E-state index contributed by atoms with van der Waals surface area (Å²) in [6.07, 6.45) is 4.56. The van der Waals surface area contributed by atoms with Crippen molar-refractivity contribution in [2.24, 2.45) is 5.92 Å². The standard InChI is InChI=1S/C19H22N2O3/c1-13-8-14(2)10-17(9-13)20-18(22)15-4-3-6-21(11-15)19(23)16-5-7-24-12-16/h5,7-10,12,15H,3-4,6,11H2,1-2H3,(H,20,22). The number of carbonyl (C=O) groups excluding carboxylic acids is 2. The molecule has 0 radical (unpaired) electrons. The van der Waals surface area contributed by atoms with Crippen molar-refractivity contribution in [1.82, 2.24) is 4.90 Å². The topological polar surface area (TPSA) is 62.6 Å². The van der Waals surface area contributed by atoms with Crippen LogP contribution in [-0.2, 0) is 4.79 Å². The fourth-order valence-corrected chi connectivity index (χ4v) is 3.24. The molecule has 1 unspecified atom stereocenters. The highest BCUT2D eigenvalue weighted by molar-refractivity contribution is 5.96. The van der Waals surface area contributed by atoms with E-state index in [4.69, 9.17) is 4.42 Å². The summed E-state index contributed by atoms with van der Waals surface area (Å²) in [7, 11) is 0. The summed E-state index contributed by atoms with van der Waals surface area (Å²) in [4.78, 5) is 26.7. The average molecular weight is 326 g/mol. The molecule has 1 fully saturated rings. The Morgan fingerprint density at radius 3 is 2.62 bits per heavy atom. The van der Waals surface area contributed by atoms with Gasteiger partial charge >= 0.3 is 0 Å². The Labute approximate surface area is 141 Å². The lowest BCUT2D eigenvalue weighted by Gasteiger charge is -2.31. The molecule has 1 atom stereocenters. The van der Waals surface area contributed by atoms with Crippen LogP contribution in [-0.4, -0.2) is 29.8 Å². The Morgan fingerprint density at radius 2 is 1.96 bits per heavy atom. The van der Waals surface area contributed by atoms with Crippen LogP contribution in [0.4, 0.5) is 5.69 Å². The Bertz CT molecular complexity index is 717. The zero-order valence-electron chi connectivity index (χ0n) is 14.0. The number of anilines is 1. The number of benzene rings is 1. The Balaban J connectivity index is 1.65. The number of nitrogens with one attached hydrogen (secondary N) is 1. The molecule has 2 aromatic rings. The highest BCUT2D eigenvalue weighted by atomic mass is 16.3. The third-order valence-corrected chi connectivity index (χ3v) is 4.34. The van der Waals surface area contributed by atoms with Crippen molar-refractivity contribution in [2.75, 3.05) is 18.4 Å². The average Bonchev–Trinajstić information content (AvgIpc) is 3.07. The quantitative estimate of drug-likeness (QED) is 0.940. The van der Waals surface area contributed by atoms with Crippen molar-refractivity contribution in [1.29, 1.82) is 0 Å². The molecule has 24 heavy (non-hydrogen) atoms. The number of rotatable bonds is 3. The predicted octanol–water partition coefficient (Wildman–Crippen LogP) is 3.39. The van der Waals surface area contributed by atoms with Crippen LogP contribution in [0.3, 0.4) is 0 Å². The monoisotopic (exact) mass is 326 g/mol. The maximum Gasteiger partial charge on any atom is 0.257 e. The Morgan fingerprint density at radius 1 is 1.21 bits per heavy atom. The molecule has 1 aromatic carbocycles. The van der Waals surface area contributed by atoms with Gasteiger partial charge in [-0.15, -0.1) is 0 Å². The lowest BCUT2D eigenvalue weighted by atomic mass is 9.96. The van der Waals surface area contributed by atoms with Gasteiger partial charge in [-0.1, -0.05) is 6.07 Å². The molecule has 3 rings (SSSR count). The summed E-state index contributed by atoms with van der Waals surface area (Å²) in [5.74, 6) is -0.284. The molecular weight excluding hydrogens is 304 g/mol. The molecule has 126 valence electrons. The van der Waals surface area contributed by atoms with Crippen LogP contribution in [0.2, 0.25) is 0 Å². The van der Waals surface area contributed by atoms with Gasteiger partial charge < -0.3 is 14.6 Å². The van der Waals surface area contributed by atoms with Gasteiger partial charge in [-0.05, 0) is 56.0 Å². The summed E-state index contributed by atoms with van der Waals surface area (Å²) in [6.45, 7) is 5.14. The van der Waals surface area contributed by atoms with Crippen LogP contribution in [0.15, 0.2) is 41.2 Å². The molecule has 1 N–H and O–H groups in total. The van der Waals surface area contributed by atoms with Gasteiger partial charge in [0.2, 0.25) is 5.91 Å². The van der Waals surface area contributed by atoms with Gasteiger partial charge in [0.05, 0.1) is 17.7 Å². The van der Waals surface area contributed by atoms with E-state index < -0.39 is 0 Å². The summed E-state index contributed by atoms with van der Waals surface area (Å²) in [6, 6.07) is 7.65. The van der Waals surface area contributed by atoms with Crippen molar-refractivity contribution < 1.29 is 14.0 Å². The molecule has 1 aliphatic rings. The second-order valence-electron chi connectivity index (χ2n) is 6.47. The van der Waals surface area contributed by atoms with Crippen LogP contribution in [0.25, 0.3) is 0 Å². The Hall–Kier alpha value is -2.56. The van der Waals surface area contributed by atoms with Gasteiger partial charge in [0.1, 0.15) is 6.26 Å². The van der Waals surface area contributed by atoms with Gasteiger partial charge in [-0.3, -0.25) is 9.59 Å². The number of nitrogens with zero attached hydrogens (tertiary/aromatic N) is 1. The van der Waals surface area contributed by atoms with Gasteiger partial charge in [-0.2, -0.15) is 0 Å².